The summed E-state index contributed by atoms with van der Waals surface area (Å²) in [6, 6.07) is 13.2. The van der Waals surface area contributed by atoms with Crippen molar-refractivity contribution in [1.29, 1.82) is 0 Å². The van der Waals surface area contributed by atoms with Gasteiger partial charge in [0.15, 0.2) is 5.13 Å². The zero-order chi connectivity index (χ0) is 20.1. The van der Waals surface area contributed by atoms with Crippen molar-refractivity contribution in [3.8, 4) is 5.75 Å². The Morgan fingerprint density at radius 1 is 1.29 bits per heavy atom. The van der Waals surface area contributed by atoms with Gasteiger partial charge in [-0.15, -0.1) is 0 Å². The normalized spacial score (nSPS) is 12.5. The fraction of sp³-hybridized carbons (Fsp3) is 0.182. The molecule has 1 amide bonds. The van der Waals surface area contributed by atoms with Crippen LogP contribution in [-0.4, -0.2) is 24.0 Å². The Labute approximate surface area is 168 Å². The van der Waals surface area contributed by atoms with Gasteiger partial charge in [0, 0.05) is 11.3 Å². The lowest BCUT2D eigenvalue weighted by Gasteiger charge is -2.17. The van der Waals surface area contributed by atoms with Gasteiger partial charge in [0.1, 0.15) is 5.75 Å². The molecule has 0 spiro atoms. The molecule has 28 heavy (non-hydrogen) atoms. The number of carbonyl (C=O) groups excluding carboxylic acids is 1. The van der Waals surface area contributed by atoms with Crippen LogP contribution in [0.25, 0.3) is 10.2 Å². The molecule has 1 aromatic heterocycles. The number of hydrogen-bond donors (Lipinski definition) is 2. The fourth-order valence-corrected chi connectivity index (χ4v) is 3.79. The number of para-hydroxylation sites is 1. The summed E-state index contributed by atoms with van der Waals surface area (Å²) in [6.07, 6.45) is 3.34. The van der Waals surface area contributed by atoms with Gasteiger partial charge in [-0.05, 0) is 43.7 Å². The highest BCUT2D eigenvalue weighted by atomic mass is 32.1. The smallest absolute Gasteiger partial charge is 0.253 e. The zero-order valence-electron chi connectivity index (χ0n) is 16.2. The molecule has 0 aliphatic carbocycles. The molecule has 0 aliphatic rings. The van der Waals surface area contributed by atoms with E-state index in [9.17, 15) is 4.79 Å². The number of methoxy groups -OCH3 is 1. The van der Waals surface area contributed by atoms with Crippen molar-refractivity contribution in [2.45, 2.75) is 19.9 Å². The highest BCUT2D eigenvalue weighted by Gasteiger charge is 2.18. The highest BCUT2D eigenvalue weighted by Crippen LogP contribution is 2.30. The van der Waals surface area contributed by atoms with Crippen molar-refractivity contribution in [2.75, 3.05) is 17.7 Å². The lowest BCUT2D eigenvalue weighted by Crippen LogP contribution is -2.27. The molecule has 3 aromatic rings. The third kappa shape index (κ3) is 4.40. The number of aryl methyl sites for hydroxylation is 1. The van der Waals surface area contributed by atoms with Crippen molar-refractivity contribution in [2.24, 2.45) is 0 Å². The largest absolute Gasteiger partial charge is 0.497 e. The van der Waals surface area contributed by atoms with Crippen LogP contribution in [0.3, 0.4) is 0 Å². The summed E-state index contributed by atoms with van der Waals surface area (Å²) in [5, 5.41) is 7.04. The van der Waals surface area contributed by atoms with Gasteiger partial charge >= 0.3 is 0 Å². The summed E-state index contributed by atoms with van der Waals surface area (Å²) in [5.41, 5.74) is 3.27. The van der Waals surface area contributed by atoms with Crippen LogP contribution in [0.4, 0.5) is 10.8 Å². The standard InChI is InChI=1S/C22H23N3O2S/c1-5-8-17(21(26)24-18-10-7-6-9-14(18)2)15(3)23-22-25-19-12-11-16(27-4)13-20(19)28-22/h5-13,15H,1H2,2-4H3,(H,23,25)(H,24,26)/b17-8+. The van der Waals surface area contributed by atoms with Crippen molar-refractivity contribution < 1.29 is 9.53 Å². The van der Waals surface area contributed by atoms with E-state index in [0.717, 1.165) is 32.3 Å². The molecule has 0 bridgehead atoms. The number of thiazole rings is 1. The fourth-order valence-electron chi connectivity index (χ4n) is 2.81. The molecule has 1 unspecified atom stereocenters. The Morgan fingerprint density at radius 2 is 2.07 bits per heavy atom. The molecule has 2 N–H and O–H groups in total. The van der Waals surface area contributed by atoms with Crippen LogP contribution in [0.2, 0.25) is 0 Å². The minimum Gasteiger partial charge on any atom is -0.497 e. The monoisotopic (exact) mass is 393 g/mol. The first kappa shape index (κ1) is 19.6. The van der Waals surface area contributed by atoms with Crippen LogP contribution in [0.15, 0.2) is 66.8 Å². The van der Waals surface area contributed by atoms with Crippen molar-refractivity contribution in [3.05, 3.63) is 72.3 Å². The minimum atomic E-state index is -0.246. The second-order valence-electron chi connectivity index (χ2n) is 6.35. The third-order valence-corrected chi connectivity index (χ3v) is 5.30. The van der Waals surface area contributed by atoms with Crippen LogP contribution in [-0.2, 0) is 4.79 Å². The van der Waals surface area contributed by atoms with Gasteiger partial charge in [-0.3, -0.25) is 4.79 Å². The van der Waals surface area contributed by atoms with E-state index in [4.69, 9.17) is 4.74 Å². The topological polar surface area (TPSA) is 63.2 Å². The van der Waals surface area contributed by atoms with Gasteiger partial charge < -0.3 is 15.4 Å². The molecular weight excluding hydrogens is 370 g/mol. The maximum atomic E-state index is 12.8. The average molecular weight is 394 g/mol. The number of carbonyl (C=O) groups is 1. The molecule has 1 heterocycles. The maximum absolute atomic E-state index is 12.8. The van der Waals surface area contributed by atoms with Gasteiger partial charge in [-0.25, -0.2) is 4.98 Å². The second kappa shape index (κ2) is 8.71. The molecular formula is C22H23N3O2S. The third-order valence-electron chi connectivity index (χ3n) is 4.35. The SMILES string of the molecule is C=C/C=C(/C(=O)Nc1ccccc1C)C(C)Nc1nc2ccc(OC)cc2s1. The van der Waals surface area contributed by atoms with E-state index in [1.54, 1.807) is 19.3 Å². The Bertz CT molecular complexity index is 1040. The molecule has 5 nitrogen and oxygen atoms in total. The first-order valence-corrected chi connectivity index (χ1v) is 9.74. The molecule has 0 saturated carbocycles. The Kier molecular flexibility index (Phi) is 6.11. The first-order chi connectivity index (χ1) is 13.5. The number of allylic oxidation sites excluding steroid dienone is 2. The van der Waals surface area contributed by atoms with E-state index >= 15 is 0 Å². The van der Waals surface area contributed by atoms with Crippen molar-refractivity contribution >= 4 is 38.3 Å². The summed E-state index contributed by atoms with van der Waals surface area (Å²) >= 11 is 1.52. The molecule has 1 atom stereocenters. The lowest BCUT2D eigenvalue weighted by molar-refractivity contribution is -0.113. The molecule has 144 valence electrons. The molecule has 2 aromatic carbocycles. The van der Waals surface area contributed by atoms with Crippen LogP contribution >= 0.6 is 11.3 Å². The number of anilines is 2. The lowest BCUT2D eigenvalue weighted by atomic mass is 10.1. The van der Waals surface area contributed by atoms with E-state index in [1.165, 1.54) is 11.3 Å². The van der Waals surface area contributed by atoms with Crippen molar-refractivity contribution in [3.63, 3.8) is 0 Å². The van der Waals surface area contributed by atoms with E-state index in [-0.39, 0.29) is 11.9 Å². The number of rotatable bonds is 7. The quantitative estimate of drug-likeness (QED) is 0.430. The summed E-state index contributed by atoms with van der Waals surface area (Å²) in [6.45, 7) is 7.63. The number of fused-ring (bicyclic) bond motifs is 1. The van der Waals surface area contributed by atoms with Crippen LogP contribution in [0, 0.1) is 6.92 Å². The van der Waals surface area contributed by atoms with Gasteiger partial charge in [0.25, 0.3) is 5.91 Å². The van der Waals surface area contributed by atoms with E-state index in [2.05, 4.69) is 22.2 Å². The molecule has 0 fully saturated rings. The van der Waals surface area contributed by atoms with Gasteiger partial charge in [0.05, 0.1) is 23.4 Å². The van der Waals surface area contributed by atoms with Crippen LogP contribution < -0.4 is 15.4 Å². The van der Waals surface area contributed by atoms with Gasteiger partial charge in [0.2, 0.25) is 0 Å². The molecule has 0 aliphatic heterocycles. The molecule has 0 radical (unpaired) electrons. The molecule has 6 heteroatoms. The van der Waals surface area contributed by atoms with Gasteiger partial charge in [-0.1, -0.05) is 48.3 Å². The number of ether oxygens (including phenoxy) is 1. The Hall–Kier alpha value is -3.12. The second-order valence-corrected chi connectivity index (χ2v) is 7.38. The summed E-state index contributed by atoms with van der Waals surface area (Å²) in [5.74, 6) is 0.623. The Balaban J connectivity index is 1.78. The number of benzene rings is 2. The predicted octanol–water partition coefficient (Wildman–Crippen LogP) is 5.16. The van der Waals surface area contributed by atoms with E-state index in [0.29, 0.717) is 5.57 Å². The maximum Gasteiger partial charge on any atom is 0.253 e. The predicted molar refractivity (Wildman–Crippen MR) is 117 cm³/mol. The summed E-state index contributed by atoms with van der Waals surface area (Å²) in [4.78, 5) is 17.4. The number of amides is 1. The Morgan fingerprint density at radius 3 is 2.79 bits per heavy atom. The van der Waals surface area contributed by atoms with Crippen molar-refractivity contribution in [1.82, 2.24) is 4.98 Å². The average Bonchev–Trinajstić information content (AvgIpc) is 3.08. The van der Waals surface area contributed by atoms with Crippen LogP contribution in [0.5, 0.6) is 5.75 Å². The highest BCUT2D eigenvalue weighted by molar-refractivity contribution is 7.22. The minimum absolute atomic E-state index is 0.169. The molecule has 3 rings (SSSR count). The number of hydrogen-bond acceptors (Lipinski definition) is 5. The zero-order valence-corrected chi connectivity index (χ0v) is 17.0. The van der Waals surface area contributed by atoms with Gasteiger partial charge in [-0.2, -0.15) is 0 Å². The summed E-state index contributed by atoms with van der Waals surface area (Å²) < 4.78 is 6.29. The number of aromatic nitrogens is 1. The van der Waals surface area contributed by atoms with Crippen LogP contribution in [0.1, 0.15) is 12.5 Å². The van der Waals surface area contributed by atoms with E-state index < -0.39 is 0 Å². The number of nitrogens with zero attached hydrogens (tertiary/aromatic N) is 1. The number of nitrogens with one attached hydrogen (secondary N) is 2. The first-order valence-electron chi connectivity index (χ1n) is 8.92. The van der Waals surface area contributed by atoms with E-state index in [1.807, 2.05) is 56.3 Å². The summed E-state index contributed by atoms with van der Waals surface area (Å²) in [7, 11) is 1.64. The molecule has 0 saturated heterocycles.